The lowest BCUT2D eigenvalue weighted by molar-refractivity contribution is -0.138. The molecule has 0 bridgehead atoms. The summed E-state index contributed by atoms with van der Waals surface area (Å²) in [7, 11) is 0. The van der Waals surface area contributed by atoms with Gasteiger partial charge in [-0.3, -0.25) is 0 Å². The zero-order valence-electron chi connectivity index (χ0n) is 11.5. The van der Waals surface area contributed by atoms with Crippen molar-refractivity contribution in [3.8, 4) is 5.82 Å². The molecular weight excluding hydrogens is 299 g/mol. The molecule has 5 nitrogen and oxygen atoms in total. The molecule has 8 heteroatoms. The zero-order valence-corrected chi connectivity index (χ0v) is 11.5. The van der Waals surface area contributed by atoms with E-state index in [9.17, 15) is 18.0 Å². The minimum atomic E-state index is -4.43. The summed E-state index contributed by atoms with van der Waals surface area (Å²) in [5.74, 6) is -0.256. The number of hydrogen-bond donors (Lipinski definition) is 0. The first-order chi connectivity index (χ1) is 10.4. The highest BCUT2D eigenvalue weighted by Crippen LogP contribution is 2.28. The molecule has 0 aromatic carbocycles. The molecule has 0 aliphatic heterocycles. The van der Waals surface area contributed by atoms with E-state index in [1.165, 1.54) is 29.1 Å². The minimum absolute atomic E-state index is 0.240. The average molecular weight is 311 g/mol. The number of carbonyl (C=O) groups is 1. The van der Waals surface area contributed by atoms with Crippen LogP contribution in [0, 0.1) is 0 Å². The first-order valence-electron chi connectivity index (χ1n) is 6.34. The van der Waals surface area contributed by atoms with Crippen LogP contribution in [-0.4, -0.2) is 27.3 Å². The molecule has 0 aliphatic carbocycles. The highest BCUT2D eigenvalue weighted by atomic mass is 19.4. The van der Waals surface area contributed by atoms with Crippen molar-refractivity contribution in [1.82, 2.24) is 14.8 Å². The quantitative estimate of drug-likeness (QED) is 0.643. The smallest absolute Gasteiger partial charge is 0.417 e. The van der Waals surface area contributed by atoms with Crippen molar-refractivity contribution in [3.63, 3.8) is 0 Å². The maximum atomic E-state index is 12.4. The number of aromatic nitrogens is 3. The molecule has 22 heavy (non-hydrogen) atoms. The molecule has 0 saturated carbocycles. The van der Waals surface area contributed by atoms with E-state index in [2.05, 4.69) is 10.1 Å². The number of alkyl halides is 3. The topological polar surface area (TPSA) is 57.0 Å². The maximum absolute atomic E-state index is 12.4. The summed E-state index contributed by atoms with van der Waals surface area (Å²) in [5.41, 5.74) is -0.374. The molecule has 0 N–H and O–H groups in total. The molecule has 2 aromatic heterocycles. The van der Waals surface area contributed by atoms with Gasteiger partial charge in [0.2, 0.25) is 0 Å². The first kappa shape index (κ1) is 15.7. The van der Waals surface area contributed by atoms with Gasteiger partial charge in [0, 0.05) is 18.5 Å². The Bertz CT molecular complexity index is 675. The van der Waals surface area contributed by atoms with Crippen molar-refractivity contribution in [2.24, 2.45) is 0 Å². The third kappa shape index (κ3) is 3.94. The van der Waals surface area contributed by atoms with Crippen molar-refractivity contribution in [3.05, 3.63) is 47.9 Å². The van der Waals surface area contributed by atoms with E-state index >= 15 is 0 Å². The van der Waals surface area contributed by atoms with Crippen molar-refractivity contribution in [1.29, 1.82) is 0 Å². The number of pyridine rings is 1. The Hall–Kier alpha value is -2.64. The molecule has 2 aromatic rings. The van der Waals surface area contributed by atoms with Crippen LogP contribution < -0.4 is 0 Å². The predicted molar refractivity (Wildman–Crippen MR) is 72.0 cm³/mol. The van der Waals surface area contributed by atoms with E-state index in [-0.39, 0.29) is 12.4 Å². The number of esters is 1. The lowest BCUT2D eigenvalue weighted by atomic mass is 10.3. The van der Waals surface area contributed by atoms with Crippen molar-refractivity contribution in [2.45, 2.75) is 13.1 Å². The van der Waals surface area contributed by atoms with Gasteiger partial charge in [-0.1, -0.05) is 0 Å². The van der Waals surface area contributed by atoms with E-state index in [0.29, 0.717) is 5.69 Å². The van der Waals surface area contributed by atoms with Crippen LogP contribution in [0.4, 0.5) is 13.2 Å². The van der Waals surface area contributed by atoms with Gasteiger partial charge in [-0.15, -0.1) is 0 Å². The van der Waals surface area contributed by atoms with Crippen LogP contribution in [0.15, 0.2) is 36.7 Å². The summed E-state index contributed by atoms with van der Waals surface area (Å²) < 4.78 is 43.4. The summed E-state index contributed by atoms with van der Waals surface area (Å²) in [6, 6.07) is 3.74. The highest BCUT2D eigenvalue weighted by molar-refractivity contribution is 5.86. The Morgan fingerprint density at radius 3 is 2.73 bits per heavy atom. The molecule has 0 atom stereocenters. The molecule has 2 heterocycles. The summed E-state index contributed by atoms with van der Waals surface area (Å²) in [5, 5.41) is 4.08. The molecule has 0 spiro atoms. The molecule has 0 amide bonds. The molecule has 0 saturated heterocycles. The Labute approximate surface area is 124 Å². The van der Waals surface area contributed by atoms with Crippen LogP contribution in [-0.2, 0) is 15.7 Å². The van der Waals surface area contributed by atoms with Gasteiger partial charge >= 0.3 is 12.1 Å². The van der Waals surface area contributed by atoms with Gasteiger partial charge < -0.3 is 4.74 Å². The van der Waals surface area contributed by atoms with Gasteiger partial charge in [0.25, 0.3) is 0 Å². The molecule has 0 fully saturated rings. The molecule has 0 radical (unpaired) electrons. The molecule has 0 aliphatic rings. The van der Waals surface area contributed by atoms with Crippen molar-refractivity contribution in [2.75, 3.05) is 6.61 Å². The number of nitrogens with zero attached hydrogens (tertiary/aromatic N) is 3. The van der Waals surface area contributed by atoms with E-state index in [0.717, 1.165) is 12.3 Å². The summed E-state index contributed by atoms with van der Waals surface area (Å²) >= 11 is 0. The largest absolute Gasteiger partial charge is 0.463 e. The van der Waals surface area contributed by atoms with Crippen molar-refractivity contribution < 1.29 is 22.7 Å². The monoisotopic (exact) mass is 311 g/mol. The highest BCUT2D eigenvalue weighted by Gasteiger charge is 2.30. The van der Waals surface area contributed by atoms with Crippen LogP contribution in [0.1, 0.15) is 18.2 Å². The number of carbonyl (C=O) groups excluding carboxylic acids is 1. The summed E-state index contributed by atoms with van der Waals surface area (Å²) in [6.45, 7) is 1.96. The van der Waals surface area contributed by atoms with Gasteiger partial charge in [0.05, 0.1) is 17.9 Å². The van der Waals surface area contributed by atoms with Crippen LogP contribution in [0.5, 0.6) is 0 Å². The second kappa shape index (κ2) is 6.42. The fraction of sp³-hybridized carbons (Fsp3) is 0.214. The fourth-order valence-electron chi connectivity index (χ4n) is 1.59. The summed E-state index contributed by atoms with van der Waals surface area (Å²) in [6.07, 6.45) is 0.504. The normalized spacial score (nSPS) is 11.8. The van der Waals surface area contributed by atoms with Gasteiger partial charge in [0.15, 0.2) is 5.82 Å². The third-order valence-electron chi connectivity index (χ3n) is 2.60. The Kier molecular flexibility index (Phi) is 4.59. The van der Waals surface area contributed by atoms with E-state index in [1.807, 2.05) is 0 Å². The Morgan fingerprint density at radius 1 is 1.36 bits per heavy atom. The second-order valence-electron chi connectivity index (χ2n) is 4.17. The Balaban J connectivity index is 2.13. The molecular formula is C14H12F3N3O2. The van der Waals surface area contributed by atoms with Crippen LogP contribution in [0.3, 0.4) is 0 Å². The molecule has 2 rings (SSSR count). The van der Waals surface area contributed by atoms with Gasteiger partial charge in [0.1, 0.15) is 0 Å². The van der Waals surface area contributed by atoms with Crippen LogP contribution in [0.2, 0.25) is 0 Å². The van der Waals surface area contributed by atoms with Crippen LogP contribution in [0.25, 0.3) is 11.9 Å². The molecule has 116 valence electrons. The van der Waals surface area contributed by atoms with Crippen LogP contribution >= 0.6 is 0 Å². The number of ether oxygens (including phenoxy) is 1. The zero-order chi connectivity index (χ0) is 16.2. The Morgan fingerprint density at radius 2 is 2.14 bits per heavy atom. The van der Waals surface area contributed by atoms with E-state index in [4.69, 9.17) is 4.74 Å². The predicted octanol–water partition coefficient (Wildman–Crippen LogP) is 2.86. The van der Waals surface area contributed by atoms with Gasteiger partial charge in [-0.2, -0.15) is 18.3 Å². The first-order valence-corrected chi connectivity index (χ1v) is 6.34. The van der Waals surface area contributed by atoms with Gasteiger partial charge in [-0.25, -0.2) is 14.5 Å². The lowest BCUT2D eigenvalue weighted by Crippen LogP contribution is -2.07. The third-order valence-corrected chi connectivity index (χ3v) is 2.60. The maximum Gasteiger partial charge on any atom is 0.417 e. The SMILES string of the molecule is CCOC(=O)/C=C/c1ccn(-c2ccc(C(F)(F)F)cn2)n1. The van der Waals surface area contributed by atoms with Crippen molar-refractivity contribution >= 4 is 12.0 Å². The van der Waals surface area contributed by atoms with Gasteiger partial charge in [-0.05, 0) is 31.2 Å². The number of hydrogen-bond acceptors (Lipinski definition) is 4. The number of halogens is 3. The number of rotatable bonds is 4. The van der Waals surface area contributed by atoms with E-state index < -0.39 is 17.7 Å². The lowest BCUT2D eigenvalue weighted by Gasteiger charge is -2.06. The standard InChI is InChI=1S/C14H12F3N3O2/c1-2-22-13(21)6-4-11-7-8-20(19-11)12-5-3-10(9-18-12)14(15,16)17/h3-9H,2H2,1H3/b6-4+. The second-order valence-corrected chi connectivity index (χ2v) is 4.17. The average Bonchev–Trinajstić information content (AvgIpc) is 2.93. The fourth-order valence-corrected chi connectivity index (χ4v) is 1.59. The minimum Gasteiger partial charge on any atom is -0.463 e. The van der Waals surface area contributed by atoms with E-state index in [1.54, 1.807) is 13.0 Å². The molecule has 0 unspecified atom stereocenters. The summed E-state index contributed by atoms with van der Waals surface area (Å²) in [4.78, 5) is 14.9.